The Labute approximate surface area is 185 Å². The number of hydrogen-bond donors (Lipinski definition) is 1. The van der Waals surface area contributed by atoms with Crippen molar-refractivity contribution in [2.75, 3.05) is 18.8 Å². The molecule has 5 nitrogen and oxygen atoms in total. The van der Waals surface area contributed by atoms with E-state index < -0.39 is 15.4 Å². The highest BCUT2D eigenvalue weighted by atomic mass is 35.5. The number of β-amino-alcohol motifs (C(OH)–C–C–N with tert-alkyl or cyclic N) is 1. The predicted molar refractivity (Wildman–Crippen MR) is 118 cm³/mol. The van der Waals surface area contributed by atoms with Gasteiger partial charge < -0.3 is 5.11 Å². The second-order valence-electron chi connectivity index (χ2n) is 7.58. The van der Waals surface area contributed by atoms with Gasteiger partial charge in [-0.2, -0.15) is 0 Å². The van der Waals surface area contributed by atoms with Crippen LogP contribution in [0, 0.1) is 0 Å². The Morgan fingerprint density at radius 1 is 0.900 bits per heavy atom. The monoisotopic (exact) mass is 462 g/mol. The maximum atomic E-state index is 12.7. The van der Waals surface area contributed by atoms with Crippen LogP contribution >= 0.6 is 23.2 Å². The van der Waals surface area contributed by atoms with E-state index in [1.165, 1.54) is 24.5 Å². The van der Waals surface area contributed by atoms with Crippen LogP contribution in [0.4, 0.5) is 0 Å². The number of halogens is 2. The van der Waals surface area contributed by atoms with Crippen LogP contribution < -0.4 is 0 Å². The Hall–Kier alpha value is -1.96. The summed E-state index contributed by atoms with van der Waals surface area (Å²) in [5, 5.41) is 12.2. The predicted octanol–water partition coefficient (Wildman–Crippen LogP) is 4.00. The Balaban J connectivity index is 1.57. The highest BCUT2D eigenvalue weighted by Gasteiger charge is 2.47. The molecular weight excluding hydrogens is 443 g/mol. The van der Waals surface area contributed by atoms with Gasteiger partial charge in [-0.05, 0) is 47.5 Å². The zero-order valence-electron chi connectivity index (χ0n) is 15.9. The van der Waals surface area contributed by atoms with E-state index in [2.05, 4.69) is 9.88 Å². The molecule has 0 atom stereocenters. The van der Waals surface area contributed by atoms with Crippen LogP contribution in [-0.4, -0.2) is 47.9 Å². The topological polar surface area (TPSA) is 70.5 Å². The number of pyridine rings is 1. The summed E-state index contributed by atoms with van der Waals surface area (Å²) in [4.78, 5) is 6.06. The van der Waals surface area contributed by atoms with Crippen LogP contribution in [-0.2, 0) is 9.84 Å². The van der Waals surface area contributed by atoms with E-state index in [1.807, 2.05) is 48.5 Å². The summed E-state index contributed by atoms with van der Waals surface area (Å²) in [7, 11) is -3.62. The maximum absolute atomic E-state index is 12.7. The van der Waals surface area contributed by atoms with Gasteiger partial charge in [-0.3, -0.25) is 9.88 Å². The summed E-state index contributed by atoms with van der Waals surface area (Å²) in [5.74, 6) is -0.339. The van der Waals surface area contributed by atoms with Gasteiger partial charge in [0.05, 0.1) is 16.7 Å². The Bertz CT molecular complexity index is 1070. The van der Waals surface area contributed by atoms with E-state index in [4.69, 9.17) is 23.2 Å². The fraction of sp³-hybridized carbons (Fsp3) is 0.227. The van der Waals surface area contributed by atoms with Crippen molar-refractivity contribution in [1.82, 2.24) is 9.88 Å². The van der Waals surface area contributed by atoms with Gasteiger partial charge in [-0.1, -0.05) is 47.5 Å². The van der Waals surface area contributed by atoms with Gasteiger partial charge in [-0.25, -0.2) is 8.42 Å². The minimum absolute atomic E-state index is 0.150. The van der Waals surface area contributed by atoms with E-state index >= 15 is 0 Å². The van der Waals surface area contributed by atoms with E-state index in [1.54, 1.807) is 0 Å². The smallest absolute Gasteiger partial charge is 0.181 e. The van der Waals surface area contributed by atoms with Crippen LogP contribution in [0.5, 0.6) is 0 Å². The molecule has 0 radical (unpaired) electrons. The van der Waals surface area contributed by atoms with Crippen LogP contribution in [0.2, 0.25) is 10.0 Å². The maximum Gasteiger partial charge on any atom is 0.181 e. The normalized spacial score (nSPS) is 16.4. The van der Waals surface area contributed by atoms with Gasteiger partial charge in [0.25, 0.3) is 0 Å². The number of aliphatic hydroxyl groups is 1. The third kappa shape index (κ3) is 4.53. The third-order valence-corrected chi connectivity index (χ3v) is 7.61. The van der Waals surface area contributed by atoms with Crippen molar-refractivity contribution in [2.24, 2.45) is 0 Å². The van der Waals surface area contributed by atoms with Gasteiger partial charge in [0.15, 0.2) is 9.84 Å². The van der Waals surface area contributed by atoms with Crippen molar-refractivity contribution in [3.05, 3.63) is 94.2 Å². The zero-order valence-corrected chi connectivity index (χ0v) is 18.3. The minimum Gasteiger partial charge on any atom is -0.386 e. The number of rotatable bonds is 6. The summed E-state index contributed by atoms with van der Waals surface area (Å²) in [6.07, 6.45) is 2.86. The molecule has 1 fully saturated rings. The summed E-state index contributed by atoms with van der Waals surface area (Å²) >= 11 is 12.1. The average molecular weight is 463 g/mol. The number of hydrogen-bond acceptors (Lipinski definition) is 5. The second kappa shape index (κ2) is 8.29. The molecule has 1 aliphatic rings. The van der Waals surface area contributed by atoms with Crippen molar-refractivity contribution in [3.8, 4) is 0 Å². The average Bonchev–Trinajstić information content (AvgIpc) is 2.70. The quantitative estimate of drug-likeness (QED) is 0.599. The molecule has 0 spiro atoms. The summed E-state index contributed by atoms with van der Waals surface area (Å²) < 4.78 is 25.4. The number of sulfone groups is 1. The SMILES string of the molecule is O=S(=O)(CC1(O)CN(C(c2ccc(Cl)cc2)c2ccc(Cl)cc2)C1)c1ccncc1. The van der Waals surface area contributed by atoms with Crippen LogP contribution in [0.25, 0.3) is 0 Å². The Morgan fingerprint density at radius 2 is 1.37 bits per heavy atom. The van der Waals surface area contributed by atoms with E-state index in [9.17, 15) is 13.5 Å². The molecule has 156 valence electrons. The summed E-state index contributed by atoms with van der Waals surface area (Å²) in [6.45, 7) is 0.459. The molecule has 3 aromatic rings. The molecule has 0 amide bonds. The van der Waals surface area contributed by atoms with Crippen LogP contribution in [0.3, 0.4) is 0 Å². The third-order valence-electron chi connectivity index (χ3n) is 5.20. The molecule has 30 heavy (non-hydrogen) atoms. The van der Waals surface area contributed by atoms with Crippen molar-refractivity contribution >= 4 is 33.0 Å². The van der Waals surface area contributed by atoms with Crippen molar-refractivity contribution < 1.29 is 13.5 Å². The first-order chi connectivity index (χ1) is 14.3. The van der Waals surface area contributed by atoms with Crippen molar-refractivity contribution in [1.29, 1.82) is 0 Å². The molecular formula is C22H20Cl2N2O3S. The molecule has 2 heterocycles. The van der Waals surface area contributed by atoms with Crippen molar-refractivity contribution in [2.45, 2.75) is 16.5 Å². The van der Waals surface area contributed by atoms with E-state index in [0.29, 0.717) is 10.0 Å². The van der Waals surface area contributed by atoms with Crippen LogP contribution in [0.1, 0.15) is 17.2 Å². The van der Waals surface area contributed by atoms with Gasteiger partial charge >= 0.3 is 0 Å². The highest BCUT2D eigenvalue weighted by molar-refractivity contribution is 7.91. The first kappa shape index (κ1) is 21.3. The van der Waals surface area contributed by atoms with E-state index in [0.717, 1.165) is 11.1 Å². The summed E-state index contributed by atoms with van der Waals surface area (Å²) in [6, 6.07) is 17.8. The molecule has 1 N–H and O–H groups in total. The molecule has 1 aliphatic heterocycles. The van der Waals surface area contributed by atoms with Gasteiger partial charge in [-0.15, -0.1) is 0 Å². The lowest BCUT2D eigenvalue weighted by Crippen LogP contribution is -2.65. The first-order valence-electron chi connectivity index (χ1n) is 9.36. The van der Waals surface area contributed by atoms with Gasteiger partial charge in [0.1, 0.15) is 5.60 Å². The molecule has 1 aromatic heterocycles. The lowest BCUT2D eigenvalue weighted by atomic mass is 9.88. The second-order valence-corrected chi connectivity index (χ2v) is 10.4. The fourth-order valence-corrected chi connectivity index (χ4v) is 5.72. The highest BCUT2D eigenvalue weighted by Crippen LogP contribution is 2.37. The molecule has 2 aromatic carbocycles. The molecule has 0 aliphatic carbocycles. The lowest BCUT2D eigenvalue weighted by Gasteiger charge is -2.50. The largest absolute Gasteiger partial charge is 0.386 e. The lowest BCUT2D eigenvalue weighted by molar-refractivity contribution is -0.0937. The Morgan fingerprint density at radius 3 is 1.83 bits per heavy atom. The number of aromatic nitrogens is 1. The summed E-state index contributed by atoms with van der Waals surface area (Å²) in [5.41, 5.74) is 0.681. The van der Waals surface area contributed by atoms with E-state index in [-0.39, 0.29) is 29.8 Å². The molecule has 0 unspecified atom stereocenters. The standard InChI is InChI=1S/C22H20Cl2N2O3S/c23-18-5-1-16(2-6-18)21(17-3-7-19(24)8-4-17)26-13-22(27,14-26)15-30(28,29)20-9-11-25-12-10-20/h1-12,21,27H,13-15H2. The van der Waals surface area contributed by atoms with Gasteiger partial charge in [0.2, 0.25) is 0 Å². The number of nitrogens with zero attached hydrogens (tertiary/aromatic N) is 2. The number of benzene rings is 2. The van der Waals surface area contributed by atoms with Crippen molar-refractivity contribution in [3.63, 3.8) is 0 Å². The molecule has 8 heteroatoms. The molecule has 1 saturated heterocycles. The minimum atomic E-state index is -3.62. The van der Waals surface area contributed by atoms with Gasteiger partial charge in [0, 0.05) is 35.5 Å². The Kier molecular flexibility index (Phi) is 5.88. The van der Waals surface area contributed by atoms with Crippen LogP contribution in [0.15, 0.2) is 78.0 Å². The zero-order chi connectivity index (χ0) is 21.4. The molecule has 0 bridgehead atoms. The number of likely N-dealkylation sites (tertiary alicyclic amines) is 1. The first-order valence-corrected chi connectivity index (χ1v) is 11.8. The fourth-order valence-electron chi connectivity index (χ4n) is 3.87. The molecule has 0 saturated carbocycles. The molecule has 4 rings (SSSR count).